The number of H-pyrrole nitrogens is 1. The van der Waals surface area contributed by atoms with Crippen LogP contribution >= 0.6 is 27.7 Å². The molecule has 0 saturated heterocycles. The minimum absolute atomic E-state index is 0.0993. The van der Waals surface area contributed by atoms with E-state index in [9.17, 15) is 4.79 Å². The summed E-state index contributed by atoms with van der Waals surface area (Å²) in [6.07, 6.45) is 3.38. The maximum Gasteiger partial charge on any atom is 0.290 e. The quantitative estimate of drug-likeness (QED) is 0.622. The van der Waals surface area contributed by atoms with Gasteiger partial charge in [-0.1, -0.05) is 0 Å². The Hall–Kier alpha value is -1.34. The summed E-state index contributed by atoms with van der Waals surface area (Å²) in [7, 11) is 0. The van der Waals surface area contributed by atoms with Crippen LogP contribution in [-0.2, 0) is 4.79 Å². The number of benzene rings is 1. The third kappa shape index (κ3) is 3.31. The van der Waals surface area contributed by atoms with Crippen molar-refractivity contribution in [3.63, 3.8) is 0 Å². The Balaban J connectivity index is 0.000000437. The van der Waals surface area contributed by atoms with Crippen LogP contribution in [-0.4, -0.2) is 27.8 Å². The number of fused-ring (bicyclic) bond motifs is 1. The van der Waals surface area contributed by atoms with Crippen molar-refractivity contribution in [3.05, 3.63) is 33.3 Å². The Bertz CT molecular complexity index is 585. The van der Waals surface area contributed by atoms with Crippen molar-refractivity contribution >= 4 is 45.1 Å². The highest BCUT2D eigenvalue weighted by molar-refractivity contribution is 9.10. The van der Waals surface area contributed by atoms with E-state index in [0.29, 0.717) is 10.9 Å². The summed E-state index contributed by atoms with van der Waals surface area (Å²) in [5, 5.41) is 7.51. The first-order chi connectivity index (χ1) is 8.13. The van der Waals surface area contributed by atoms with Crippen molar-refractivity contribution in [2.24, 2.45) is 0 Å². The summed E-state index contributed by atoms with van der Waals surface area (Å²) < 4.78 is 0.968. The molecule has 7 heteroatoms. The number of halogens is 1. The molecule has 90 valence electrons. The van der Waals surface area contributed by atoms with Crippen LogP contribution in [0.25, 0.3) is 10.9 Å². The molecule has 0 aliphatic rings. The molecule has 0 amide bonds. The smallest absolute Gasteiger partial charge is 0.290 e. The first-order valence-corrected chi connectivity index (χ1v) is 6.44. The number of carboxylic acid groups (broad SMARTS) is 1. The fourth-order valence-electron chi connectivity index (χ4n) is 1.23. The average Bonchev–Trinajstić information content (AvgIpc) is 2.30. The van der Waals surface area contributed by atoms with Gasteiger partial charge in [0.15, 0.2) is 0 Å². The predicted octanol–water partition coefficient (Wildman–Crippen LogP) is 2.11. The molecule has 2 N–H and O–H groups in total. The number of aromatic amines is 1. The van der Waals surface area contributed by atoms with E-state index in [2.05, 4.69) is 25.9 Å². The molecular weight excluding hydrogens is 308 g/mol. The molecule has 1 heterocycles. The molecule has 0 spiro atoms. The first kappa shape index (κ1) is 13.7. The molecule has 1 aromatic carbocycles. The van der Waals surface area contributed by atoms with E-state index < -0.39 is 0 Å². The zero-order valence-corrected chi connectivity index (χ0v) is 11.2. The molecular formula is C10H9BrN2O3S. The van der Waals surface area contributed by atoms with Crippen LogP contribution in [0.5, 0.6) is 0 Å². The lowest BCUT2D eigenvalue weighted by Crippen LogP contribution is -2.06. The maximum atomic E-state index is 11.4. The highest BCUT2D eigenvalue weighted by atomic mass is 79.9. The van der Waals surface area contributed by atoms with Gasteiger partial charge in [-0.15, -0.1) is 11.8 Å². The van der Waals surface area contributed by atoms with E-state index in [1.165, 1.54) is 6.33 Å². The minimum Gasteiger partial charge on any atom is -0.483 e. The molecule has 0 unspecified atom stereocenters. The molecule has 0 fully saturated rings. The largest absolute Gasteiger partial charge is 0.483 e. The Morgan fingerprint density at radius 2 is 2.18 bits per heavy atom. The Labute approximate surface area is 109 Å². The Kier molecular flexibility index (Phi) is 5.17. The van der Waals surface area contributed by atoms with Gasteiger partial charge in [-0.05, 0) is 34.3 Å². The van der Waals surface area contributed by atoms with Crippen LogP contribution in [0, 0.1) is 0 Å². The molecule has 0 atom stereocenters. The van der Waals surface area contributed by atoms with Gasteiger partial charge in [0.05, 0.1) is 17.2 Å². The third-order valence-corrected chi connectivity index (χ3v) is 3.61. The van der Waals surface area contributed by atoms with Crippen LogP contribution in [0.1, 0.15) is 0 Å². The van der Waals surface area contributed by atoms with Gasteiger partial charge in [-0.25, -0.2) is 4.98 Å². The van der Waals surface area contributed by atoms with Crippen LogP contribution in [0.3, 0.4) is 0 Å². The van der Waals surface area contributed by atoms with Crippen LogP contribution < -0.4 is 5.56 Å². The summed E-state index contributed by atoms with van der Waals surface area (Å²) in [5.41, 5.74) is 0.608. The second-order valence-corrected chi connectivity index (χ2v) is 4.54. The van der Waals surface area contributed by atoms with Crippen molar-refractivity contribution in [2.75, 3.05) is 6.26 Å². The zero-order valence-electron chi connectivity index (χ0n) is 8.81. The molecule has 17 heavy (non-hydrogen) atoms. The number of nitrogens with zero attached hydrogens (tertiary/aromatic N) is 1. The molecule has 0 aliphatic carbocycles. The summed E-state index contributed by atoms with van der Waals surface area (Å²) >= 11 is 5.02. The van der Waals surface area contributed by atoms with Crippen molar-refractivity contribution < 1.29 is 9.90 Å². The van der Waals surface area contributed by atoms with E-state index >= 15 is 0 Å². The van der Waals surface area contributed by atoms with Crippen molar-refractivity contribution in [2.45, 2.75) is 4.90 Å². The molecule has 5 nitrogen and oxygen atoms in total. The van der Waals surface area contributed by atoms with Gasteiger partial charge in [0.1, 0.15) is 0 Å². The normalized spacial score (nSPS) is 9.53. The van der Waals surface area contributed by atoms with Gasteiger partial charge >= 0.3 is 0 Å². The Morgan fingerprint density at radius 1 is 1.53 bits per heavy atom. The number of rotatable bonds is 1. The molecule has 0 radical (unpaired) electrons. The van der Waals surface area contributed by atoms with E-state index in [1.807, 2.05) is 18.4 Å². The first-order valence-electron chi connectivity index (χ1n) is 4.42. The van der Waals surface area contributed by atoms with Gasteiger partial charge in [0.25, 0.3) is 12.0 Å². The summed E-state index contributed by atoms with van der Waals surface area (Å²) in [6, 6.07) is 3.70. The van der Waals surface area contributed by atoms with Crippen LogP contribution in [0.15, 0.2) is 32.6 Å². The average molecular weight is 317 g/mol. The third-order valence-electron chi connectivity index (χ3n) is 1.91. The van der Waals surface area contributed by atoms with E-state index in [0.717, 1.165) is 9.37 Å². The van der Waals surface area contributed by atoms with Gasteiger partial charge < -0.3 is 10.1 Å². The van der Waals surface area contributed by atoms with Crippen molar-refractivity contribution in [1.82, 2.24) is 9.97 Å². The molecule has 0 bridgehead atoms. The standard InChI is InChI=1S/C9H7BrN2OS.CH2O2/c1-14-8-2-5-7(3-6(8)10)11-4-12-9(5)13;2-1-3/h2-4H,1H3,(H,11,12,13);1H,(H,2,3). The minimum atomic E-state index is -0.250. The number of nitrogens with one attached hydrogen (secondary N) is 1. The van der Waals surface area contributed by atoms with Gasteiger partial charge in [0, 0.05) is 9.37 Å². The molecule has 2 aromatic rings. The predicted molar refractivity (Wildman–Crippen MR) is 70.5 cm³/mol. The number of aromatic nitrogens is 2. The summed E-state index contributed by atoms with van der Waals surface area (Å²) in [4.78, 5) is 27.5. The number of thioether (sulfide) groups is 1. The monoisotopic (exact) mass is 316 g/mol. The Morgan fingerprint density at radius 3 is 2.76 bits per heavy atom. The lowest BCUT2D eigenvalue weighted by Gasteiger charge is -2.02. The van der Waals surface area contributed by atoms with E-state index in [1.54, 1.807) is 11.8 Å². The van der Waals surface area contributed by atoms with E-state index in [-0.39, 0.29) is 12.0 Å². The highest BCUT2D eigenvalue weighted by Crippen LogP contribution is 2.28. The SMILES string of the molecule is CSc1cc2c(=O)[nH]cnc2cc1Br.O=CO. The fraction of sp³-hybridized carbons (Fsp3) is 0.100. The number of hydrogen-bond acceptors (Lipinski definition) is 4. The molecule has 1 aromatic heterocycles. The van der Waals surface area contributed by atoms with Crippen LogP contribution in [0.4, 0.5) is 0 Å². The zero-order chi connectivity index (χ0) is 12.8. The van der Waals surface area contributed by atoms with Crippen molar-refractivity contribution in [1.29, 1.82) is 0 Å². The highest BCUT2D eigenvalue weighted by Gasteiger charge is 2.04. The molecule has 0 saturated carbocycles. The molecule has 0 aliphatic heterocycles. The lowest BCUT2D eigenvalue weighted by atomic mass is 10.2. The van der Waals surface area contributed by atoms with Crippen molar-refractivity contribution in [3.8, 4) is 0 Å². The fourth-order valence-corrected chi connectivity index (χ4v) is 2.53. The second kappa shape index (κ2) is 6.41. The molecule has 2 rings (SSSR count). The topological polar surface area (TPSA) is 83.0 Å². The summed E-state index contributed by atoms with van der Waals surface area (Å²) in [5.74, 6) is 0. The van der Waals surface area contributed by atoms with Crippen LogP contribution in [0.2, 0.25) is 0 Å². The maximum absolute atomic E-state index is 11.4. The van der Waals surface area contributed by atoms with Gasteiger partial charge in [-0.2, -0.15) is 0 Å². The summed E-state index contributed by atoms with van der Waals surface area (Å²) in [6.45, 7) is -0.250. The lowest BCUT2D eigenvalue weighted by molar-refractivity contribution is -0.122. The van der Waals surface area contributed by atoms with Gasteiger partial charge in [-0.3, -0.25) is 9.59 Å². The number of hydrogen-bond donors (Lipinski definition) is 2. The van der Waals surface area contributed by atoms with Gasteiger partial charge in [0.2, 0.25) is 0 Å². The number of carbonyl (C=O) groups is 1. The second-order valence-electron chi connectivity index (χ2n) is 2.84. The van der Waals surface area contributed by atoms with E-state index in [4.69, 9.17) is 9.90 Å².